The highest BCUT2D eigenvalue weighted by molar-refractivity contribution is 8.26. The fraction of sp³-hybridized carbons (Fsp3) is 0.615. The smallest absolute Gasteiger partial charge is 0.270 e. The summed E-state index contributed by atoms with van der Waals surface area (Å²) in [6.45, 7) is 14.7. The summed E-state index contributed by atoms with van der Waals surface area (Å²) in [5.74, 6) is 1.72. The van der Waals surface area contributed by atoms with Crippen LogP contribution in [0.5, 0.6) is 0 Å². The standard InChI is InChI=1S/C26H36N4O2S2/c1-7-9-10-29-23(28-14-16(3)11-17(4)15-28)20(19(6)21(13-27)24(29)31)12-22-25(32)30(18(5)8-2)26(33)34-22/h12,16-18H,7-11,14-15H2,1-6H3/b22-12+. The van der Waals surface area contributed by atoms with Crippen LogP contribution in [0.4, 0.5) is 5.82 Å². The van der Waals surface area contributed by atoms with Crippen LogP contribution >= 0.6 is 24.0 Å². The number of aromatic nitrogens is 1. The second-order valence-corrected chi connectivity index (χ2v) is 11.5. The van der Waals surface area contributed by atoms with E-state index in [1.807, 2.05) is 26.8 Å². The van der Waals surface area contributed by atoms with Crippen molar-refractivity contribution in [2.24, 2.45) is 11.8 Å². The number of thiocarbonyl (C=S) groups is 1. The van der Waals surface area contributed by atoms with Crippen molar-refractivity contribution in [2.75, 3.05) is 18.0 Å². The zero-order valence-electron chi connectivity index (χ0n) is 21.2. The lowest BCUT2D eigenvalue weighted by atomic mass is 9.91. The topological polar surface area (TPSA) is 69.3 Å². The first-order chi connectivity index (χ1) is 16.1. The van der Waals surface area contributed by atoms with Gasteiger partial charge in [-0.1, -0.05) is 58.1 Å². The van der Waals surface area contributed by atoms with Crippen molar-refractivity contribution in [3.8, 4) is 6.07 Å². The van der Waals surface area contributed by atoms with Crippen LogP contribution in [-0.2, 0) is 11.3 Å². The number of carbonyl (C=O) groups is 1. The van der Waals surface area contributed by atoms with E-state index in [9.17, 15) is 14.9 Å². The third kappa shape index (κ3) is 5.11. The molecule has 0 N–H and O–H groups in total. The second-order valence-electron chi connectivity index (χ2n) is 9.82. The van der Waals surface area contributed by atoms with E-state index < -0.39 is 0 Å². The van der Waals surface area contributed by atoms with Crippen molar-refractivity contribution >= 4 is 46.1 Å². The molecule has 0 bridgehead atoms. The summed E-state index contributed by atoms with van der Waals surface area (Å²) in [6, 6.07) is 2.16. The van der Waals surface area contributed by atoms with Gasteiger partial charge in [-0.25, -0.2) is 0 Å². The van der Waals surface area contributed by atoms with Crippen LogP contribution in [0.15, 0.2) is 9.70 Å². The largest absolute Gasteiger partial charge is 0.357 e. The molecule has 1 amide bonds. The van der Waals surface area contributed by atoms with Crippen LogP contribution in [-0.4, -0.2) is 38.8 Å². The quantitative estimate of drug-likeness (QED) is 0.373. The number of anilines is 1. The average molecular weight is 501 g/mol. The molecule has 6 nitrogen and oxygen atoms in total. The molecule has 2 aliphatic heterocycles. The van der Waals surface area contributed by atoms with Crippen LogP contribution in [0, 0.1) is 30.1 Å². The maximum absolute atomic E-state index is 13.4. The molecular formula is C26H36N4O2S2. The van der Waals surface area contributed by atoms with Gasteiger partial charge in [-0.2, -0.15) is 5.26 Å². The van der Waals surface area contributed by atoms with Crippen molar-refractivity contribution in [2.45, 2.75) is 79.8 Å². The molecule has 184 valence electrons. The SMILES string of the molecule is CCCCn1c(N2CC(C)CC(C)C2)c(/C=C2/SC(=S)N(C(C)CC)C2=O)c(C)c(C#N)c1=O. The van der Waals surface area contributed by atoms with Gasteiger partial charge in [0.2, 0.25) is 0 Å². The number of nitriles is 1. The predicted molar refractivity (Wildman–Crippen MR) is 145 cm³/mol. The average Bonchev–Trinajstić information content (AvgIpc) is 3.06. The predicted octanol–water partition coefficient (Wildman–Crippen LogP) is 5.31. The highest BCUT2D eigenvalue weighted by atomic mass is 32.2. The van der Waals surface area contributed by atoms with Crippen molar-refractivity contribution in [1.29, 1.82) is 5.26 Å². The molecule has 0 saturated carbocycles. The first-order valence-corrected chi connectivity index (χ1v) is 13.6. The van der Waals surface area contributed by atoms with Crippen molar-refractivity contribution in [1.82, 2.24) is 9.47 Å². The minimum absolute atomic E-state index is 0.0240. The molecule has 0 spiro atoms. The number of thioether (sulfide) groups is 1. The molecular weight excluding hydrogens is 464 g/mol. The van der Waals surface area contributed by atoms with Gasteiger partial charge in [0.05, 0.1) is 4.91 Å². The Bertz CT molecular complexity index is 1090. The lowest BCUT2D eigenvalue weighted by Gasteiger charge is -2.39. The molecule has 3 atom stereocenters. The van der Waals surface area contributed by atoms with E-state index in [0.29, 0.717) is 33.2 Å². The summed E-state index contributed by atoms with van der Waals surface area (Å²) in [5.41, 5.74) is 1.34. The summed E-state index contributed by atoms with van der Waals surface area (Å²) < 4.78 is 2.34. The van der Waals surface area contributed by atoms with E-state index in [2.05, 4.69) is 31.7 Å². The maximum atomic E-state index is 13.4. The monoisotopic (exact) mass is 500 g/mol. The van der Waals surface area contributed by atoms with Crippen molar-refractivity contribution in [3.05, 3.63) is 31.9 Å². The van der Waals surface area contributed by atoms with Gasteiger partial charge in [0, 0.05) is 31.2 Å². The van der Waals surface area contributed by atoms with Crippen LogP contribution in [0.3, 0.4) is 0 Å². The van der Waals surface area contributed by atoms with Gasteiger partial charge in [-0.15, -0.1) is 0 Å². The van der Waals surface area contributed by atoms with E-state index in [1.54, 1.807) is 9.47 Å². The van der Waals surface area contributed by atoms with Crippen molar-refractivity contribution in [3.63, 3.8) is 0 Å². The summed E-state index contributed by atoms with van der Waals surface area (Å²) in [6.07, 6.45) is 5.62. The number of carbonyl (C=O) groups excluding carboxylic acids is 1. The van der Waals surface area contributed by atoms with Gasteiger partial charge in [0.15, 0.2) is 0 Å². The van der Waals surface area contributed by atoms with E-state index in [1.165, 1.54) is 11.8 Å². The summed E-state index contributed by atoms with van der Waals surface area (Å²) in [7, 11) is 0. The number of unbranched alkanes of at least 4 members (excludes halogenated alkanes) is 1. The van der Waals surface area contributed by atoms with Crippen LogP contribution in [0.2, 0.25) is 0 Å². The molecule has 2 aliphatic rings. The minimum Gasteiger partial charge on any atom is -0.357 e. The molecule has 2 saturated heterocycles. The summed E-state index contributed by atoms with van der Waals surface area (Å²) in [5, 5.41) is 9.86. The van der Waals surface area contributed by atoms with E-state index in [-0.39, 0.29) is 23.1 Å². The number of piperidine rings is 1. The zero-order chi connectivity index (χ0) is 25.2. The Kier molecular flexibility index (Phi) is 8.64. The van der Waals surface area contributed by atoms with Gasteiger partial charge in [-0.05, 0) is 56.6 Å². The van der Waals surface area contributed by atoms with Crippen LogP contribution in [0.25, 0.3) is 6.08 Å². The molecule has 0 radical (unpaired) electrons. The number of amides is 1. The molecule has 34 heavy (non-hydrogen) atoms. The van der Waals surface area contributed by atoms with Gasteiger partial charge < -0.3 is 4.90 Å². The number of pyridine rings is 1. The van der Waals surface area contributed by atoms with E-state index >= 15 is 0 Å². The van der Waals surface area contributed by atoms with Gasteiger partial charge in [0.1, 0.15) is 21.8 Å². The maximum Gasteiger partial charge on any atom is 0.270 e. The number of hydrogen-bond donors (Lipinski definition) is 0. The highest BCUT2D eigenvalue weighted by Crippen LogP contribution is 2.38. The lowest BCUT2D eigenvalue weighted by Crippen LogP contribution is -2.43. The summed E-state index contributed by atoms with van der Waals surface area (Å²) in [4.78, 5) is 31.3. The second kappa shape index (κ2) is 11.1. The van der Waals surface area contributed by atoms with Crippen LogP contribution in [0.1, 0.15) is 77.0 Å². The van der Waals surface area contributed by atoms with Gasteiger partial charge in [0.25, 0.3) is 11.5 Å². The molecule has 2 fully saturated rings. The number of nitrogens with zero attached hydrogens (tertiary/aromatic N) is 4. The highest BCUT2D eigenvalue weighted by Gasteiger charge is 2.36. The number of hydrogen-bond acceptors (Lipinski definition) is 6. The Hall–Kier alpha value is -2.11. The molecule has 0 aliphatic carbocycles. The Balaban J connectivity index is 2.26. The zero-order valence-corrected chi connectivity index (χ0v) is 22.8. The molecule has 3 heterocycles. The summed E-state index contributed by atoms with van der Waals surface area (Å²) >= 11 is 6.84. The van der Waals surface area contributed by atoms with Crippen molar-refractivity contribution < 1.29 is 4.79 Å². The molecule has 1 aromatic rings. The fourth-order valence-electron chi connectivity index (χ4n) is 5.02. The Morgan fingerprint density at radius 1 is 1.24 bits per heavy atom. The molecule has 1 aromatic heterocycles. The molecule has 0 aromatic carbocycles. The Labute approximate surface area is 213 Å². The Morgan fingerprint density at radius 2 is 1.88 bits per heavy atom. The normalized spacial score (nSPS) is 23.0. The lowest BCUT2D eigenvalue weighted by molar-refractivity contribution is -0.123. The number of rotatable bonds is 7. The first-order valence-electron chi connectivity index (χ1n) is 12.3. The first kappa shape index (κ1) is 26.5. The van der Waals surface area contributed by atoms with E-state index in [0.717, 1.165) is 50.2 Å². The third-order valence-electron chi connectivity index (χ3n) is 6.88. The van der Waals surface area contributed by atoms with Gasteiger partial charge >= 0.3 is 0 Å². The molecule has 3 unspecified atom stereocenters. The molecule has 3 rings (SSSR count). The molecule has 8 heteroatoms. The van der Waals surface area contributed by atoms with Crippen LogP contribution < -0.4 is 10.5 Å². The third-order valence-corrected chi connectivity index (χ3v) is 8.21. The van der Waals surface area contributed by atoms with E-state index in [4.69, 9.17) is 12.2 Å². The minimum atomic E-state index is -0.237. The van der Waals surface area contributed by atoms with Gasteiger partial charge in [-0.3, -0.25) is 19.1 Å². The fourth-order valence-corrected chi connectivity index (χ4v) is 6.46. The Morgan fingerprint density at radius 3 is 2.44 bits per heavy atom.